The fraction of sp³-hybridized carbons (Fsp3) is 0.500. The number of carboxylic acids is 1. The Labute approximate surface area is 107 Å². The van der Waals surface area contributed by atoms with Gasteiger partial charge in [-0.15, -0.1) is 0 Å². The molecule has 4 nitrogen and oxygen atoms in total. The maximum Gasteiger partial charge on any atom is 0.309 e. The fourth-order valence-electron chi connectivity index (χ4n) is 2.25. The summed E-state index contributed by atoms with van der Waals surface area (Å²) < 4.78 is 5.05. The largest absolute Gasteiger partial charge is 0.497 e. The number of rotatable bonds is 6. The van der Waals surface area contributed by atoms with Gasteiger partial charge in [0.1, 0.15) is 11.4 Å². The maximum atomic E-state index is 11.2. The summed E-state index contributed by atoms with van der Waals surface area (Å²) in [5, 5.41) is 19.9. The molecule has 0 aliphatic carbocycles. The molecule has 0 saturated carbocycles. The van der Waals surface area contributed by atoms with E-state index in [0.29, 0.717) is 24.2 Å². The molecule has 2 atom stereocenters. The van der Waals surface area contributed by atoms with Gasteiger partial charge in [0, 0.05) is 0 Å². The Hall–Kier alpha value is -1.55. The van der Waals surface area contributed by atoms with E-state index in [-0.39, 0.29) is 0 Å². The number of aliphatic carboxylic acids is 1. The Morgan fingerprint density at radius 1 is 1.33 bits per heavy atom. The smallest absolute Gasteiger partial charge is 0.309 e. The van der Waals surface area contributed by atoms with E-state index < -0.39 is 17.5 Å². The Morgan fingerprint density at radius 2 is 1.89 bits per heavy atom. The van der Waals surface area contributed by atoms with E-state index in [9.17, 15) is 15.0 Å². The molecule has 0 bridgehead atoms. The number of benzene rings is 1. The topological polar surface area (TPSA) is 66.8 Å². The summed E-state index contributed by atoms with van der Waals surface area (Å²) in [4.78, 5) is 11.2. The lowest BCUT2D eigenvalue weighted by Crippen LogP contribution is -2.39. The van der Waals surface area contributed by atoms with Crippen molar-refractivity contribution in [3.05, 3.63) is 29.8 Å². The van der Waals surface area contributed by atoms with Crippen molar-refractivity contribution in [3.8, 4) is 5.75 Å². The molecule has 2 unspecified atom stereocenters. The van der Waals surface area contributed by atoms with Crippen molar-refractivity contribution in [1.82, 2.24) is 0 Å². The third-order valence-corrected chi connectivity index (χ3v) is 3.41. The molecule has 0 fully saturated rings. The second kappa shape index (κ2) is 5.87. The highest BCUT2D eigenvalue weighted by molar-refractivity contribution is 5.72. The summed E-state index contributed by atoms with van der Waals surface area (Å²) in [6.45, 7) is 3.55. The molecule has 0 aromatic heterocycles. The summed E-state index contributed by atoms with van der Waals surface area (Å²) in [6, 6.07) is 6.89. The lowest BCUT2D eigenvalue weighted by Gasteiger charge is -2.33. The predicted molar refractivity (Wildman–Crippen MR) is 68.6 cm³/mol. The van der Waals surface area contributed by atoms with Gasteiger partial charge in [0.15, 0.2) is 0 Å². The van der Waals surface area contributed by atoms with Crippen LogP contribution in [0, 0.1) is 5.92 Å². The number of hydrogen-bond donors (Lipinski definition) is 2. The third kappa shape index (κ3) is 2.64. The molecular formula is C14H20O4. The minimum Gasteiger partial charge on any atom is -0.497 e. The van der Waals surface area contributed by atoms with Crippen LogP contribution < -0.4 is 4.74 Å². The normalized spacial score (nSPS) is 15.8. The average molecular weight is 252 g/mol. The molecule has 1 aromatic carbocycles. The van der Waals surface area contributed by atoms with Crippen LogP contribution >= 0.6 is 0 Å². The third-order valence-electron chi connectivity index (χ3n) is 3.41. The average Bonchev–Trinajstić information content (AvgIpc) is 2.38. The molecule has 0 saturated heterocycles. The summed E-state index contributed by atoms with van der Waals surface area (Å²) in [5.41, 5.74) is -0.729. The highest BCUT2D eigenvalue weighted by atomic mass is 16.5. The molecule has 0 amide bonds. The number of ether oxygens (including phenoxy) is 1. The van der Waals surface area contributed by atoms with Crippen molar-refractivity contribution >= 4 is 5.97 Å². The van der Waals surface area contributed by atoms with Crippen LogP contribution in [0.15, 0.2) is 24.3 Å². The van der Waals surface area contributed by atoms with E-state index in [4.69, 9.17) is 4.74 Å². The summed E-state index contributed by atoms with van der Waals surface area (Å²) >= 11 is 0. The van der Waals surface area contributed by atoms with Crippen LogP contribution in [0.4, 0.5) is 0 Å². The molecule has 0 spiro atoms. The SMILES string of the molecule is CCC(C(=O)O)C(O)(CC)c1ccc(OC)cc1. The first-order valence-electron chi connectivity index (χ1n) is 6.09. The van der Waals surface area contributed by atoms with Gasteiger partial charge in [-0.3, -0.25) is 4.79 Å². The zero-order chi connectivity index (χ0) is 13.8. The van der Waals surface area contributed by atoms with Crippen LogP contribution in [0.1, 0.15) is 32.3 Å². The van der Waals surface area contributed by atoms with Crippen molar-refractivity contribution in [2.75, 3.05) is 7.11 Å². The van der Waals surface area contributed by atoms with E-state index in [0.717, 1.165) is 0 Å². The quantitative estimate of drug-likeness (QED) is 0.816. The Morgan fingerprint density at radius 3 is 2.22 bits per heavy atom. The molecule has 0 aliphatic rings. The van der Waals surface area contributed by atoms with Gasteiger partial charge < -0.3 is 14.9 Å². The van der Waals surface area contributed by atoms with Crippen molar-refractivity contribution in [1.29, 1.82) is 0 Å². The van der Waals surface area contributed by atoms with E-state index >= 15 is 0 Å². The highest BCUT2D eigenvalue weighted by Crippen LogP contribution is 2.36. The van der Waals surface area contributed by atoms with Crippen LogP contribution in [0.3, 0.4) is 0 Å². The van der Waals surface area contributed by atoms with Crippen LogP contribution in [-0.4, -0.2) is 23.3 Å². The monoisotopic (exact) mass is 252 g/mol. The predicted octanol–water partition coefficient (Wildman–Crippen LogP) is 2.40. The Kier molecular flexibility index (Phi) is 4.73. The summed E-state index contributed by atoms with van der Waals surface area (Å²) in [6.07, 6.45) is 0.732. The number of aliphatic hydroxyl groups is 1. The van der Waals surface area contributed by atoms with Gasteiger partial charge in [-0.25, -0.2) is 0 Å². The number of carboxylic acid groups (broad SMARTS) is 1. The van der Waals surface area contributed by atoms with Gasteiger partial charge in [-0.2, -0.15) is 0 Å². The molecule has 4 heteroatoms. The van der Waals surface area contributed by atoms with E-state index in [1.54, 1.807) is 45.2 Å². The van der Waals surface area contributed by atoms with Crippen LogP contribution in [-0.2, 0) is 10.4 Å². The van der Waals surface area contributed by atoms with E-state index in [1.807, 2.05) is 0 Å². The molecule has 18 heavy (non-hydrogen) atoms. The van der Waals surface area contributed by atoms with Crippen LogP contribution in [0.5, 0.6) is 5.75 Å². The zero-order valence-corrected chi connectivity index (χ0v) is 11.0. The molecule has 1 rings (SSSR count). The van der Waals surface area contributed by atoms with Gasteiger partial charge in [0.05, 0.1) is 13.0 Å². The highest BCUT2D eigenvalue weighted by Gasteiger charge is 2.40. The van der Waals surface area contributed by atoms with Crippen molar-refractivity contribution in [2.45, 2.75) is 32.3 Å². The van der Waals surface area contributed by atoms with Crippen molar-refractivity contribution in [3.63, 3.8) is 0 Å². The minimum absolute atomic E-state index is 0.351. The molecule has 0 heterocycles. The lowest BCUT2D eigenvalue weighted by molar-refractivity contribution is -0.153. The first-order chi connectivity index (χ1) is 8.49. The maximum absolute atomic E-state index is 11.2. The summed E-state index contributed by atoms with van der Waals surface area (Å²) in [5.74, 6) is -1.10. The zero-order valence-electron chi connectivity index (χ0n) is 11.0. The van der Waals surface area contributed by atoms with Crippen LogP contribution in [0.2, 0.25) is 0 Å². The summed E-state index contributed by atoms with van der Waals surface area (Å²) in [7, 11) is 1.56. The van der Waals surface area contributed by atoms with E-state index in [1.165, 1.54) is 0 Å². The van der Waals surface area contributed by atoms with Gasteiger partial charge in [-0.1, -0.05) is 26.0 Å². The molecular weight excluding hydrogens is 232 g/mol. The molecule has 2 N–H and O–H groups in total. The van der Waals surface area contributed by atoms with Gasteiger partial charge in [-0.05, 0) is 30.5 Å². The second-order valence-electron chi connectivity index (χ2n) is 4.31. The number of hydrogen-bond acceptors (Lipinski definition) is 3. The van der Waals surface area contributed by atoms with Crippen LogP contribution in [0.25, 0.3) is 0 Å². The molecule has 0 radical (unpaired) electrons. The Bertz CT molecular complexity index is 399. The number of methoxy groups -OCH3 is 1. The van der Waals surface area contributed by atoms with Gasteiger partial charge in [0.25, 0.3) is 0 Å². The lowest BCUT2D eigenvalue weighted by atomic mass is 9.78. The fourth-order valence-corrected chi connectivity index (χ4v) is 2.25. The molecule has 100 valence electrons. The second-order valence-corrected chi connectivity index (χ2v) is 4.31. The van der Waals surface area contributed by atoms with Crippen molar-refractivity contribution < 1.29 is 19.7 Å². The Balaban J connectivity index is 3.16. The minimum atomic E-state index is -1.34. The van der Waals surface area contributed by atoms with Gasteiger partial charge >= 0.3 is 5.97 Å². The first-order valence-corrected chi connectivity index (χ1v) is 6.09. The molecule has 0 aliphatic heterocycles. The molecule has 1 aromatic rings. The van der Waals surface area contributed by atoms with Gasteiger partial charge in [0.2, 0.25) is 0 Å². The van der Waals surface area contributed by atoms with Crippen molar-refractivity contribution in [2.24, 2.45) is 5.92 Å². The first kappa shape index (κ1) is 14.5. The van der Waals surface area contributed by atoms with E-state index in [2.05, 4.69) is 0 Å². The standard InChI is InChI=1S/C14H20O4/c1-4-12(13(15)16)14(17,5-2)10-6-8-11(18-3)9-7-10/h6-9,12,17H,4-5H2,1-3H3,(H,15,16). The number of carbonyl (C=O) groups is 1.